The van der Waals surface area contributed by atoms with E-state index in [4.69, 9.17) is 5.73 Å². The molecule has 2 aromatic rings. The number of likely N-dealkylation sites (tertiary alicyclic amines) is 1. The van der Waals surface area contributed by atoms with Gasteiger partial charge >= 0.3 is 0 Å². The molecule has 120 valence electrons. The minimum absolute atomic E-state index is 0.0458. The predicted molar refractivity (Wildman–Crippen MR) is 92.9 cm³/mol. The van der Waals surface area contributed by atoms with Crippen molar-refractivity contribution < 1.29 is 4.79 Å². The molecule has 3 nitrogen and oxygen atoms in total. The van der Waals surface area contributed by atoms with E-state index < -0.39 is 6.04 Å². The zero-order chi connectivity index (χ0) is 16.2. The maximum atomic E-state index is 12.6. The molecule has 0 radical (unpaired) electrons. The van der Waals surface area contributed by atoms with E-state index in [1.165, 1.54) is 11.1 Å². The SMILES string of the molecule is Cc1ccc(C(N)C(=O)N2CCC(Cc3ccccc3)C2)cc1. The molecule has 0 aliphatic carbocycles. The maximum Gasteiger partial charge on any atom is 0.244 e. The summed E-state index contributed by atoms with van der Waals surface area (Å²) >= 11 is 0. The molecular weight excluding hydrogens is 284 g/mol. The van der Waals surface area contributed by atoms with E-state index in [1.54, 1.807) is 0 Å². The van der Waals surface area contributed by atoms with Crippen molar-refractivity contribution >= 4 is 5.91 Å². The summed E-state index contributed by atoms with van der Waals surface area (Å²) in [6, 6.07) is 17.9. The van der Waals surface area contributed by atoms with Crippen LogP contribution in [0.3, 0.4) is 0 Å². The molecule has 1 aliphatic rings. The van der Waals surface area contributed by atoms with Crippen LogP contribution in [-0.4, -0.2) is 23.9 Å². The number of benzene rings is 2. The highest BCUT2D eigenvalue weighted by molar-refractivity contribution is 5.83. The molecule has 3 heteroatoms. The first-order chi connectivity index (χ1) is 11.1. The van der Waals surface area contributed by atoms with E-state index in [-0.39, 0.29) is 5.91 Å². The van der Waals surface area contributed by atoms with Crippen LogP contribution >= 0.6 is 0 Å². The lowest BCUT2D eigenvalue weighted by atomic mass is 9.99. The van der Waals surface area contributed by atoms with Crippen LogP contribution in [0.4, 0.5) is 0 Å². The van der Waals surface area contributed by atoms with Gasteiger partial charge in [-0.3, -0.25) is 4.79 Å². The van der Waals surface area contributed by atoms with Crippen LogP contribution in [0.5, 0.6) is 0 Å². The topological polar surface area (TPSA) is 46.3 Å². The highest BCUT2D eigenvalue weighted by Gasteiger charge is 2.29. The Hall–Kier alpha value is -2.13. The third-order valence-electron chi connectivity index (χ3n) is 4.67. The van der Waals surface area contributed by atoms with Crippen LogP contribution in [0.2, 0.25) is 0 Å². The lowest BCUT2D eigenvalue weighted by Crippen LogP contribution is -2.37. The van der Waals surface area contributed by atoms with Gasteiger partial charge < -0.3 is 10.6 Å². The predicted octanol–water partition coefficient (Wildman–Crippen LogP) is 3.09. The standard InChI is InChI=1S/C20H24N2O/c1-15-7-9-18(10-8-15)19(21)20(23)22-12-11-17(14-22)13-16-5-3-2-4-6-16/h2-10,17,19H,11-14,21H2,1H3. The van der Waals surface area contributed by atoms with E-state index in [0.717, 1.165) is 31.5 Å². The fourth-order valence-corrected chi connectivity index (χ4v) is 3.26. The van der Waals surface area contributed by atoms with Gasteiger partial charge in [0.1, 0.15) is 6.04 Å². The summed E-state index contributed by atoms with van der Waals surface area (Å²) in [5.74, 6) is 0.580. The van der Waals surface area contributed by atoms with Gasteiger partial charge in [0.15, 0.2) is 0 Å². The summed E-state index contributed by atoms with van der Waals surface area (Å²) in [4.78, 5) is 14.6. The summed E-state index contributed by atoms with van der Waals surface area (Å²) < 4.78 is 0. The fraction of sp³-hybridized carbons (Fsp3) is 0.350. The van der Waals surface area contributed by atoms with E-state index in [1.807, 2.05) is 42.2 Å². The number of rotatable bonds is 4. The molecule has 1 amide bonds. The van der Waals surface area contributed by atoms with Crippen molar-refractivity contribution in [3.05, 3.63) is 71.3 Å². The first-order valence-corrected chi connectivity index (χ1v) is 8.28. The third kappa shape index (κ3) is 3.80. The minimum Gasteiger partial charge on any atom is -0.341 e. The number of aryl methyl sites for hydroxylation is 1. The molecule has 0 aromatic heterocycles. The Morgan fingerprint density at radius 3 is 2.57 bits per heavy atom. The molecule has 1 heterocycles. The molecule has 2 N–H and O–H groups in total. The molecule has 2 unspecified atom stereocenters. The lowest BCUT2D eigenvalue weighted by molar-refractivity contribution is -0.131. The summed E-state index contributed by atoms with van der Waals surface area (Å²) in [5.41, 5.74) is 9.59. The van der Waals surface area contributed by atoms with E-state index in [9.17, 15) is 4.79 Å². The zero-order valence-electron chi connectivity index (χ0n) is 13.6. The van der Waals surface area contributed by atoms with E-state index in [2.05, 4.69) is 24.3 Å². The Bertz CT molecular complexity index is 651. The molecule has 0 spiro atoms. The van der Waals surface area contributed by atoms with Crippen LogP contribution in [0.25, 0.3) is 0 Å². The molecule has 2 aromatic carbocycles. The molecule has 3 rings (SSSR count). The van der Waals surface area contributed by atoms with Crippen LogP contribution in [-0.2, 0) is 11.2 Å². The largest absolute Gasteiger partial charge is 0.341 e. The Kier molecular flexibility index (Phi) is 4.77. The van der Waals surface area contributed by atoms with Crippen molar-refractivity contribution in [3.8, 4) is 0 Å². The van der Waals surface area contributed by atoms with Crippen molar-refractivity contribution in [2.24, 2.45) is 11.7 Å². The number of hydrogen-bond donors (Lipinski definition) is 1. The second-order valence-corrected chi connectivity index (χ2v) is 6.52. The number of carbonyl (C=O) groups excluding carboxylic acids is 1. The quantitative estimate of drug-likeness (QED) is 0.943. The van der Waals surface area contributed by atoms with Crippen LogP contribution in [0.1, 0.15) is 29.2 Å². The molecule has 23 heavy (non-hydrogen) atoms. The monoisotopic (exact) mass is 308 g/mol. The maximum absolute atomic E-state index is 12.6. The number of hydrogen-bond acceptors (Lipinski definition) is 2. The molecular formula is C20H24N2O. The highest BCUT2D eigenvalue weighted by atomic mass is 16.2. The molecule has 1 fully saturated rings. The average molecular weight is 308 g/mol. The van der Waals surface area contributed by atoms with Crippen LogP contribution < -0.4 is 5.73 Å². The Balaban J connectivity index is 1.59. The summed E-state index contributed by atoms with van der Waals surface area (Å²) in [6.45, 7) is 3.66. The number of amides is 1. The van der Waals surface area contributed by atoms with Gasteiger partial charge in [0, 0.05) is 13.1 Å². The van der Waals surface area contributed by atoms with Gasteiger partial charge in [-0.05, 0) is 36.8 Å². The van der Waals surface area contributed by atoms with Gasteiger partial charge in [-0.2, -0.15) is 0 Å². The van der Waals surface area contributed by atoms with Gasteiger partial charge in [0.2, 0.25) is 5.91 Å². The number of nitrogens with zero attached hydrogens (tertiary/aromatic N) is 1. The smallest absolute Gasteiger partial charge is 0.244 e. The van der Waals surface area contributed by atoms with Gasteiger partial charge in [-0.15, -0.1) is 0 Å². The van der Waals surface area contributed by atoms with Crippen molar-refractivity contribution in [3.63, 3.8) is 0 Å². The molecule has 0 saturated carbocycles. The van der Waals surface area contributed by atoms with E-state index in [0.29, 0.717) is 5.92 Å². The van der Waals surface area contributed by atoms with Crippen molar-refractivity contribution in [2.75, 3.05) is 13.1 Å². The van der Waals surface area contributed by atoms with Gasteiger partial charge in [-0.25, -0.2) is 0 Å². The lowest BCUT2D eigenvalue weighted by Gasteiger charge is -2.21. The Morgan fingerprint density at radius 2 is 1.87 bits per heavy atom. The summed E-state index contributed by atoms with van der Waals surface area (Å²) in [5, 5.41) is 0. The minimum atomic E-state index is -0.550. The van der Waals surface area contributed by atoms with Gasteiger partial charge in [-0.1, -0.05) is 60.2 Å². The van der Waals surface area contributed by atoms with E-state index >= 15 is 0 Å². The Labute approximate surface area is 138 Å². The first-order valence-electron chi connectivity index (χ1n) is 8.28. The summed E-state index contributed by atoms with van der Waals surface area (Å²) in [7, 11) is 0. The highest BCUT2D eigenvalue weighted by Crippen LogP contribution is 2.24. The van der Waals surface area contributed by atoms with Gasteiger partial charge in [0.25, 0.3) is 0 Å². The van der Waals surface area contributed by atoms with Crippen LogP contribution in [0, 0.1) is 12.8 Å². The second kappa shape index (κ2) is 6.97. The Morgan fingerprint density at radius 1 is 1.17 bits per heavy atom. The zero-order valence-corrected chi connectivity index (χ0v) is 13.6. The first kappa shape index (κ1) is 15.8. The molecule has 2 atom stereocenters. The third-order valence-corrected chi connectivity index (χ3v) is 4.67. The van der Waals surface area contributed by atoms with Crippen molar-refractivity contribution in [1.29, 1.82) is 0 Å². The molecule has 1 saturated heterocycles. The average Bonchev–Trinajstić information content (AvgIpc) is 3.03. The summed E-state index contributed by atoms with van der Waals surface area (Å²) in [6.07, 6.45) is 2.09. The molecule has 1 aliphatic heterocycles. The second-order valence-electron chi connectivity index (χ2n) is 6.52. The van der Waals surface area contributed by atoms with Crippen molar-refractivity contribution in [1.82, 2.24) is 4.90 Å². The number of carbonyl (C=O) groups is 1. The normalized spacial score (nSPS) is 18.9. The van der Waals surface area contributed by atoms with Gasteiger partial charge in [0.05, 0.1) is 0 Å². The molecule has 0 bridgehead atoms. The number of nitrogens with two attached hydrogens (primary N) is 1. The fourth-order valence-electron chi connectivity index (χ4n) is 3.26. The van der Waals surface area contributed by atoms with Crippen LogP contribution in [0.15, 0.2) is 54.6 Å². The van der Waals surface area contributed by atoms with Crippen molar-refractivity contribution in [2.45, 2.75) is 25.8 Å².